The summed E-state index contributed by atoms with van der Waals surface area (Å²) < 4.78 is 0. The molecule has 3 rings (SSSR count). The number of hydrogen-bond acceptors (Lipinski definition) is 3. The predicted molar refractivity (Wildman–Crippen MR) is 92.6 cm³/mol. The van der Waals surface area contributed by atoms with E-state index in [1.807, 2.05) is 18.2 Å². The molecule has 1 aromatic rings. The summed E-state index contributed by atoms with van der Waals surface area (Å²) in [6, 6.07) is 7.62. The van der Waals surface area contributed by atoms with Crippen molar-refractivity contribution >= 4 is 35.6 Å². The van der Waals surface area contributed by atoms with Crippen LogP contribution in [0.3, 0.4) is 0 Å². The van der Waals surface area contributed by atoms with Gasteiger partial charge in [0.1, 0.15) is 0 Å². The molecular formula is C16H23Cl2N3O. The highest BCUT2D eigenvalue weighted by molar-refractivity contribution is 6.33. The number of carbonyl (C=O) groups excluding carboxylic acids is 1. The molecule has 1 aromatic carbocycles. The minimum Gasteiger partial charge on any atom is -0.327 e. The van der Waals surface area contributed by atoms with Crippen LogP contribution in [0.2, 0.25) is 5.02 Å². The molecule has 1 aliphatic heterocycles. The average Bonchev–Trinajstić information content (AvgIpc) is 2.85. The Bertz CT molecular complexity index is 526. The van der Waals surface area contributed by atoms with Crippen LogP contribution in [0.5, 0.6) is 0 Å². The van der Waals surface area contributed by atoms with Crippen LogP contribution in [0.25, 0.3) is 0 Å². The molecule has 1 heterocycles. The monoisotopic (exact) mass is 343 g/mol. The topological polar surface area (TPSA) is 58.4 Å². The standard InChI is InChI=1S/C16H22ClN3O.ClH/c17-13-5-1-2-7-15(13)19-16(21)10-20-8-11-4-3-6-14(18)12(11)9-20;/h1-2,5,7,11-12,14H,3-4,6,8-10,18H2,(H,19,21);1H. The van der Waals surface area contributed by atoms with Gasteiger partial charge in [-0.3, -0.25) is 9.69 Å². The van der Waals surface area contributed by atoms with Crippen molar-refractivity contribution in [3.63, 3.8) is 0 Å². The molecular weight excluding hydrogens is 321 g/mol. The molecule has 122 valence electrons. The Labute approximate surface area is 142 Å². The number of rotatable bonds is 3. The predicted octanol–water partition coefficient (Wildman–Crippen LogP) is 2.76. The summed E-state index contributed by atoms with van der Waals surface area (Å²) in [7, 11) is 0. The number of benzene rings is 1. The highest BCUT2D eigenvalue weighted by Crippen LogP contribution is 2.35. The molecule has 0 aromatic heterocycles. The van der Waals surface area contributed by atoms with E-state index >= 15 is 0 Å². The summed E-state index contributed by atoms with van der Waals surface area (Å²) in [5.41, 5.74) is 6.89. The van der Waals surface area contributed by atoms with Crippen molar-refractivity contribution in [2.24, 2.45) is 17.6 Å². The summed E-state index contributed by atoms with van der Waals surface area (Å²) in [5.74, 6) is 1.23. The molecule has 3 unspecified atom stereocenters. The van der Waals surface area contributed by atoms with E-state index in [0.717, 1.165) is 19.5 Å². The second-order valence-corrected chi connectivity index (χ2v) is 6.65. The molecule has 0 spiro atoms. The van der Waals surface area contributed by atoms with Gasteiger partial charge in [-0.2, -0.15) is 0 Å². The number of likely N-dealkylation sites (tertiary alicyclic amines) is 1. The molecule has 2 fully saturated rings. The van der Waals surface area contributed by atoms with E-state index in [4.69, 9.17) is 17.3 Å². The first-order valence-corrected chi connectivity index (χ1v) is 8.03. The molecule has 0 bridgehead atoms. The van der Waals surface area contributed by atoms with Crippen LogP contribution in [0.4, 0.5) is 5.69 Å². The van der Waals surface area contributed by atoms with Gasteiger partial charge in [-0.1, -0.05) is 30.2 Å². The average molecular weight is 344 g/mol. The van der Waals surface area contributed by atoms with Crippen molar-refractivity contribution in [2.75, 3.05) is 25.0 Å². The summed E-state index contributed by atoms with van der Waals surface area (Å²) in [5, 5.41) is 3.46. The van der Waals surface area contributed by atoms with E-state index in [9.17, 15) is 4.79 Å². The van der Waals surface area contributed by atoms with Crippen molar-refractivity contribution in [1.29, 1.82) is 0 Å². The molecule has 3 N–H and O–H groups in total. The maximum atomic E-state index is 12.2. The molecule has 6 heteroatoms. The van der Waals surface area contributed by atoms with Crippen LogP contribution in [-0.2, 0) is 4.79 Å². The van der Waals surface area contributed by atoms with Crippen LogP contribution in [0.15, 0.2) is 24.3 Å². The minimum absolute atomic E-state index is 0. The van der Waals surface area contributed by atoms with Gasteiger partial charge >= 0.3 is 0 Å². The summed E-state index contributed by atoms with van der Waals surface area (Å²) in [4.78, 5) is 14.4. The summed E-state index contributed by atoms with van der Waals surface area (Å²) in [6.07, 6.45) is 3.60. The summed E-state index contributed by atoms with van der Waals surface area (Å²) in [6.45, 7) is 2.36. The molecule has 1 saturated heterocycles. The maximum Gasteiger partial charge on any atom is 0.238 e. The molecule has 1 aliphatic carbocycles. The van der Waals surface area contributed by atoms with Crippen molar-refractivity contribution in [3.8, 4) is 0 Å². The largest absolute Gasteiger partial charge is 0.327 e. The Hall–Kier alpha value is -0.810. The van der Waals surface area contributed by atoms with Gasteiger partial charge in [-0.15, -0.1) is 12.4 Å². The molecule has 1 saturated carbocycles. The Balaban J connectivity index is 0.00000176. The Morgan fingerprint density at radius 2 is 2.09 bits per heavy atom. The number of nitrogens with one attached hydrogen (secondary N) is 1. The van der Waals surface area contributed by atoms with E-state index in [1.54, 1.807) is 6.07 Å². The van der Waals surface area contributed by atoms with Crippen molar-refractivity contribution in [1.82, 2.24) is 4.90 Å². The number of nitrogens with zero attached hydrogens (tertiary/aromatic N) is 1. The van der Waals surface area contributed by atoms with Crippen molar-refractivity contribution in [3.05, 3.63) is 29.3 Å². The highest BCUT2D eigenvalue weighted by atomic mass is 35.5. The van der Waals surface area contributed by atoms with Crippen molar-refractivity contribution < 1.29 is 4.79 Å². The first-order chi connectivity index (χ1) is 10.1. The van der Waals surface area contributed by atoms with Gasteiger partial charge in [0.15, 0.2) is 0 Å². The van der Waals surface area contributed by atoms with Crippen molar-refractivity contribution in [2.45, 2.75) is 25.3 Å². The normalized spacial score (nSPS) is 27.8. The number of amides is 1. The number of hydrogen-bond donors (Lipinski definition) is 2. The fourth-order valence-electron chi connectivity index (χ4n) is 3.69. The lowest BCUT2D eigenvalue weighted by molar-refractivity contribution is -0.117. The van der Waals surface area contributed by atoms with Gasteiger partial charge < -0.3 is 11.1 Å². The number of para-hydroxylation sites is 1. The van der Waals surface area contributed by atoms with Crippen LogP contribution < -0.4 is 11.1 Å². The third-order valence-electron chi connectivity index (χ3n) is 4.74. The second-order valence-electron chi connectivity index (χ2n) is 6.24. The maximum absolute atomic E-state index is 12.2. The van der Waals surface area contributed by atoms with Crippen LogP contribution in [0, 0.1) is 11.8 Å². The third kappa shape index (κ3) is 3.93. The lowest BCUT2D eigenvalue weighted by atomic mass is 9.78. The van der Waals surface area contributed by atoms with Crippen LogP contribution >= 0.6 is 24.0 Å². The van der Waals surface area contributed by atoms with E-state index in [0.29, 0.717) is 35.1 Å². The van der Waals surface area contributed by atoms with E-state index in [1.165, 1.54) is 12.8 Å². The molecule has 1 amide bonds. The number of carbonyl (C=O) groups is 1. The molecule has 4 nitrogen and oxygen atoms in total. The fourth-order valence-corrected chi connectivity index (χ4v) is 3.88. The number of nitrogens with two attached hydrogens (primary N) is 1. The molecule has 0 radical (unpaired) electrons. The minimum atomic E-state index is -0.00433. The lowest BCUT2D eigenvalue weighted by Crippen LogP contribution is -2.38. The quantitative estimate of drug-likeness (QED) is 0.887. The molecule has 3 atom stereocenters. The van der Waals surface area contributed by atoms with Crippen LogP contribution in [0.1, 0.15) is 19.3 Å². The van der Waals surface area contributed by atoms with Gasteiger partial charge in [-0.05, 0) is 36.8 Å². The zero-order valence-corrected chi connectivity index (χ0v) is 14.1. The number of halogens is 2. The Kier molecular flexibility index (Phi) is 6.09. The van der Waals surface area contributed by atoms with E-state index < -0.39 is 0 Å². The van der Waals surface area contributed by atoms with Gasteiger partial charge in [0.05, 0.1) is 17.3 Å². The lowest BCUT2D eigenvalue weighted by Gasteiger charge is -2.29. The Morgan fingerprint density at radius 3 is 2.82 bits per heavy atom. The first kappa shape index (κ1) is 17.5. The van der Waals surface area contributed by atoms with Gasteiger partial charge in [0.2, 0.25) is 5.91 Å². The van der Waals surface area contributed by atoms with E-state index in [2.05, 4.69) is 10.2 Å². The fraction of sp³-hybridized carbons (Fsp3) is 0.562. The highest BCUT2D eigenvalue weighted by Gasteiger charge is 2.38. The second kappa shape index (κ2) is 7.64. The van der Waals surface area contributed by atoms with Crippen LogP contribution in [-0.4, -0.2) is 36.5 Å². The number of anilines is 1. The molecule has 2 aliphatic rings. The third-order valence-corrected chi connectivity index (χ3v) is 5.07. The number of fused-ring (bicyclic) bond motifs is 1. The van der Waals surface area contributed by atoms with E-state index in [-0.39, 0.29) is 18.3 Å². The van der Waals surface area contributed by atoms with Gasteiger partial charge in [0, 0.05) is 19.1 Å². The van der Waals surface area contributed by atoms with Gasteiger partial charge in [0.25, 0.3) is 0 Å². The molecule has 22 heavy (non-hydrogen) atoms. The smallest absolute Gasteiger partial charge is 0.238 e. The SMILES string of the molecule is Cl.NC1CCCC2CN(CC(=O)Nc3ccccc3Cl)CC12. The Morgan fingerprint density at radius 1 is 1.32 bits per heavy atom. The summed E-state index contributed by atoms with van der Waals surface area (Å²) >= 11 is 6.06. The zero-order valence-electron chi connectivity index (χ0n) is 12.5. The zero-order chi connectivity index (χ0) is 14.8. The van der Waals surface area contributed by atoms with Gasteiger partial charge in [-0.25, -0.2) is 0 Å². The first-order valence-electron chi connectivity index (χ1n) is 7.66.